The van der Waals surface area contributed by atoms with Gasteiger partial charge in [0.15, 0.2) is 0 Å². The summed E-state index contributed by atoms with van der Waals surface area (Å²) in [7, 11) is -2.97. The van der Waals surface area contributed by atoms with Crippen molar-refractivity contribution in [2.45, 2.75) is 31.6 Å². The zero-order valence-electron chi connectivity index (χ0n) is 11.1. The lowest BCUT2D eigenvalue weighted by Crippen LogP contribution is -2.37. The maximum absolute atomic E-state index is 13.1. The van der Waals surface area contributed by atoms with E-state index in [9.17, 15) is 26.0 Å². The quantitative estimate of drug-likeness (QED) is 0.869. The molecule has 0 amide bonds. The van der Waals surface area contributed by atoms with E-state index in [1.807, 2.05) is 0 Å². The number of halogens is 4. The minimum absolute atomic E-state index is 0.0482. The number of hydrogen-bond acceptors (Lipinski definition) is 3. The second-order valence-corrected chi connectivity index (χ2v) is 7.42. The van der Waals surface area contributed by atoms with Crippen molar-refractivity contribution in [3.63, 3.8) is 0 Å². The van der Waals surface area contributed by atoms with Crippen LogP contribution in [0.1, 0.15) is 24.0 Å². The summed E-state index contributed by atoms with van der Waals surface area (Å²) in [4.78, 5) is 0. The number of nitrogens with one attached hydrogen (secondary N) is 1. The maximum atomic E-state index is 13.1. The topological polar surface area (TPSA) is 46.2 Å². The predicted molar refractivity (Wildman–Crippen MR) is 69.9 cm³/mol. The van der Waals surface area contributed by atoms with Gasteiger partial charge in [-0.05, 0) is 30.5 Å². The highest BCUT2D eigenvalue weighted by Gasteiger charge is 2.34. The smallest absolute Gasteiger partial charge is 0.310 e. The third kappa shape index (κ3) is 4.41. The van der Waals surface area contributed by atoms with E-state index in [-0.39, 0.29) is 24.1 Å². The van der Waals surface area contributed by atoms with Gasteiger partial charge >= 0.3 is 6.18 Å². The van der Waals surface area contributed by atoms with Crippen LogP contribution in [0.5, 0.6) is 0 Å². The molecule has 0 saturated carbocycles. The molecule has 0 radical (unpaired) electrons. The number of sulfone groups is 1. The Morgan fingerprint density at radius 1 is 1.19 bits per heavy atom. The standard InChI is InChI=1S/C13H15F4NO2S/c14-12-2-1-9(7-11(12)13(15,16)17)8-18-10-3-5-21(19,20)6-4-10/h1-2,7,10,18H,3-6,8H2. The Morgan fingerprint density at radius 2 is 1.81 bits per heavy atom. The van der Waals surface area contributed by atoms with Crippen LogP contribution in [0.3, 0.4) is 0 Å². The second-order valence-electron chi connectivity index (χ2n) is 5.12. The minimum Gasteiger partial charge on any atom is -0.310 e. The SMILES string of the molecule is O=S1(=O)CCC(NCc2ccc(F)c(C(F)(F)F)c2)CC1. The molecule has 1 saturated heterocycles. The summed E-state index contributed by atoms with van der Waals surface area (Å²) in [5, 5.41) is 3.02. The summed E-state index contributed by atoms with van der Waals surface area (Å²) in [6, 6.07) is 2.82. The van der Waals surface area contributed by atoms with Crippen molar-refractivity contribution in [2.24, 2.45) is 0 Å². The fourth-order valence-corrected chi connectivity index (χ4v) is 3.75. The fourth-order valence-electron chi connectivity index (χ4n) is 2.26. The molecule has 1 N–H and O–H groups in total. The molecule has 0 atom stereocenters. The Bertz CT molecular complexity index is 599. The molecule has 1 heterocycles. The van der Waals surface area contributed by atoms with Crippen LogP contribution in [0.4, 0.5) is 17.6 Å². The summed E-state index contributed by atoms with van der Waals surface area (Å²) < 4.78 is 73.4. The van der Waals surface area contributed by atoms with Gasteiger partial charge in [0.1, 0.15) is 15.7 Å². The number of rotatable bonds is 3. The van der Waals surface area contributed by atoms with Crippen molar-refractivity contribution in [3.8, 4) is 0 Å². The molecular weight excluding hydrogens is 310 g/mol. The van der Waals surface area contributed by atoms with Crippen molar-refractivity contribution in [2.75, 3.05) is 11.5 Å². The van der Waals surface area contributed by atoms with Gasteiger partial charge in [-0.15, -0.1) is 0 Å². The van der Waals surface area contributed by atoms with E-state index < -0.39 is 27.4 Å². The van der Waals surface area contributed by atoms with Crippen LogP contribution in [0.25, 0.3) is 0 Å². The zero-order chi connectivity index (χ0) is 15.7. The van der Waals surface area contributed by atoms with Crippen molar-refractivity contribution < 1.29 is 26.0 Å². The highest BCUT2D eigenvalue weighted by molar-refractivity contribution is 7.91. The second kappa shape index (κ2) is 5.92. The highest BCUT2D eigenvalue weighted by atomic mass is 32.2. The van der Waals surface area contributed by atoms with Gasteiger partial charge in [0.25, 0.3) is 0 Å². The molecule has 0 bridgehead atoms. The largest absolute Gasteiger partial charge is 0.419 e. The molecule has 21 heavy (non-hydrogen) atoms. The first kappa shape index (κ1) is 16.2. The lowest BCUT2D eigenvalue weighted by atomic mass is 10.1. The van der Waals surface area contributed by atoms with Crippen molar-refractivity contribution in [1.82, 2.24) is 5.32 Å². The molecule has 1 aromatic rings. The van der Waals surface area contributed by atoms with E-state index in [4.69, 9.17) is 0 Å². The molecule has 1 aliphatic heterocycles. The van der Waals surface area contributed by atoms with Gasteiger partial charge in [0, 0.05) is 12.6 Å². The van der Waals surface area contributed by atoms with Crippen LogP contribution in [-0.2, 0) is 22.6 Å². The Labute approximate surface area is 120 Å². The number of alkyl halides is 3. The van der Waals surface area contributed by atoms with Gasteiger partial charge in [-0.25, -0.2) is 12.8 Å². The van der Waals surface area contributed by atoms with Crippen LogP contribution in [0, 0.1) is 5.82 Å². The molecule has 0 aromatic heterocycles. The van der Waals surface area contributed by atoms with Crippen LogP contribution in [0.15, 0.2) is 18.2 Å². The average molecular weight is 325 g/mol. The molecule has 1 aromatic carbocycles. The molecule has 0 unspecified atom stereocenters. The van der Waals surface area contributed by atoms with E-state index in [1.165, 1.54) is 6.07 Å². The van der Waals surface area contributed by atoms with Crippen LogP contribution in [0.2, 0.25) is 0 Å². The third-order valence-electron chi connectivity index (χ3n) is 3.49. The summed E-state index contributed by atoms with van der Waals surface area (Å²) in [6.07, 6.45) is -3.84. The van der Waals surface area contributed by atoms with Gasteiger partial charge in [-0.3, -0.25) is 0 Å². The van der Waals surface area contributed by atoms with E-state index in [0.717, 1.165) is 12.1 Å². The number of hydrogen-bond donors (Lipinski definition) is 1. The Kier molecular flexibility index (Phi) is 4.57. The third-order valence-corrected chi connectivity index (χ3v) is 5.20. The molecule has 8 heteroatoms. The summed E-state index contributed by atoms with van der Waals surface area (Å²) in [5.74, 6) is -1.13. The van der Waals surface area contributed by atoms with Gasteiger partial charge in [0.05, 0.1) is 17.1 Å². The van der Waals surface area contributed by atoms with Gasteiger partial charge in [-0.2, -0.15) is 13.2 Å². The van der Waals surface area contributed by atoms with Crippen LogP contribution >= 0.6 is 0 Å². The molecule has 2 rings (SSSR count). The first-order chi connectivity index (χ1) is 9.67. The highest BCUT2D eigenvalue weighted by Crippen LogP contribution is 2.31. The minimum atomic E-state index is -4.72. The molecule has 1 fully saturated rings. The summed E-state index contributed by atoms with van der Waals surface area (Å²) >= 11 is 0. The lowest BCUT2D eigenvalue weighted by molar-refractivity contribution is -0.140. The van der Waals surface area contributed by atoms with E-state index in [2.05, 4.69) is 5.32 Å². The van der Waals surface area contributed by atoms with Gasteiger partial charge in [-0.1, -0.05) is 6.07 Å². The Morgan fingerprint density at radius 3 is 2.38 bits per heavy atom. The lowest BCUT2D eigenvalue weighted by Gasteiger charge is -2.23. The molecule has 1 aliphatic rings. The Hall–Kier alpha value is -1.15. The van der Waals surface area contributed by atoms with Gasteiger partial charge < -0.3 is 5.32 Å². The van der Waals surface area contributed by atoms with Gasteiger partial charge in [0.2, 0.25) is 0 Å². The average Bonchev–Trinajstić information content (AvgIpc) is 2.38. The normalized spacial score (nSPS) is 19.6. The fraction of sp³-hybridized carbons (Fsp3) is 0.538. The molecule has 118 valence electrons. The first-order valence-electron chi connectivity index (χ1n) is 6.47. The van der Waals surface area contributed by atoms with Crippen LogP contribution in [-0.4, -0.2) is 26.0 Å². The number of benzene rings is 1. The van der Waals surface area contributed by atoms with Crippen molar-refractivity contribution in [1.29, 1.82) is 0 Å². The summed E-state index contributed by atoms with van der Waals surface area (Å²) in [5.41, 5.74) is -0.967. The Balaban J connectivity index is 1.98. The predicted octanol–water partition coefficient (Wildman–Crippen LogP) is 2.51. The summed E-state index contributed by atoms with van der Waals surface area (Å²) in [6.45, 7) is 0.147. The molecular formula is C13H15F4NO2S. The van der Waals surface area contributed by atoms with Crippen LogP contribution < -0.4 is 5.32 Å². The van der Waals surface area contributed by atoms with E-state index >= 15 is 0 Å². The molecule has 0 spiro atoms. The zero-order valence-corrected chi connectivity index (χ0v) is 11.9. The molecule has 3 nitrogen and oxygen atoms in total. The molecule has 0 aliphatic carbocycles. The van der Waals surface area contributed by atoms with E-state index in [1.54, 1.807) is 0 Å². The monoisotopic (exact) mass is 325 g/mol. The van der Waals surface area contributed by atoms with Crippen molar-refractivity contribution in [3.05, 3.63) is 35.1 Å². The van der Waals surface area contributed by atoms with Crippen molar-refractivity contribution >= 4 is 9.84 Å². The maximum Gasteiger partial charge on any atom is 0.419 e. The first-order valence-corrected chi connectivity index (χ1v) is 8.29. The van der Waals surface area contributed by atoms with E-state index in [0.29, 0.717) is 18.4 Å².